The van der Waals surface area contributed by atoms with E-state index in [0.29, 0.717) is 12.0 Å². The highest BCUT2D eigenvalue weighted by Crippen LogP contribution is 2.58. The molecule has 2 N–H and O–H groups in total. The average molecular weight is 266 g/mol. The van der Waals surface area contributed by atoms with E-state index in [1.165, 1.54) is 32.4 Å². The van der Waals surface area contributed by atoms with E-state index in [0.717, 1.165) is 25.5 Å². The van der Waals surface area contributed by atoms with Gasteiger partial charge in [0.1, 0.15) is 0 Å². The number of hydrogen-bond donors (Lipinski definition) is 1. The molecule has 1 aliphatic carbocycles. The van der Waals surface area contributed by atoms with Crippen molar-refractivity contribution in [2.45, 2.75) is 58.1 Å². The molecule has 3 aliphatic rings. The van der Waals surface area contributed by atoms with Crippen molar-refractivity contribution in [3.8, 4) is 0 Å². The molecular formula is C16H30N2O. The number of likely N-dealkylation sites (tertiary alicyclic amines) is 1. The first-order valence-corrected chi connectivity index (χ1v) is 8.12. The number of nitrogens with two attached hydrogens (primary N) is 1. The Morgan fingerprint density at radius 1 is 1.21 bits per heavy atom. The van der Waals surface area contributed by atoms with Crippen LogP contribution in [-0.2, 0) is 4.74 Å². The molecule has 3 fully saturated rings. The largest absolute Gasteiger partial charge is 0.377 e. The van der Waals surface area contributed by atoms with Crippen molar-refractivity contribution in [2.75, 3.05) is 26.2 Å². The number of nitrogens with zero attached hydrogens (tertiary/aromatic N) is 1. The lowest BCUT2D eigenvalue weighted by Crippen LogP contribution is -2.78. The lowest BCUT2D eigenvalue weighted by molar-refractivity contribution is -0.164. The second kappa shape index (κ2) is 4.71. The van der Waals surface area contributed by atoms with Crippen LogP contribution in [0.4, 0.5) is 0 Å². The van der Waals surface area contributed by atoms with Gasteiger partial charge in [-0.3, -0.25) is 0 Å². The maximum absolute atomic E-state index is 6.84. The first-order chi connectivity index (χ1) is 8.99. The van der Waals surface area contributed by atoms with Crippen molar-refractivity contribution < 1.29 is 4.74 Å². The molecule has 0 amide bonds. The molecule has 2 heterocycles. The van der Waals surface area contributed by atoms with Gasteiger partial charge in [0.05, 0.1) is 6.10 Å². The Morgan fingerprint density at radius 2 is 1.89 bits per heavy atom. The van der Waals surface area contributed by atoms with Gasteiger partial charge in [-0.05, 0) is 38.3 Å². The van der Waals surface area contributed by atoms with E-state index in [9.17, 15) is 0 Å². The van der Waals surface area contributed by atoms with Crippen LogP contribution in [0, 0.1) is 17.3 Å². The monoisotopic (exact) mass is 266 g/mol. The second-order valence-electron chi connectivity index (χ2n) is 7.58. The van der Waals surface area contributed by atoms with Gasteiger partial charge in [-0.2, -0.15) is 0 Å². The molecule has 110 valence electrons. The summed E-state index contributed by atoms with van der Waals surface area (Å²) in [7, 11) is 0. The maximum Gasteiger partial charge on any atom is 0.0691 e. The van der Waals surface area contributed by atoms with Gasteiger partial charge in [-0.15, -0.1) is 0 Å². The lowest BCUT2D eigenvalue weighted by atomic mass is 9.48. The van der Waals surface area contributed by atoms with E-state index in [-0.39, 0.29) is 11.0 Å². The van der Waals surface area contributed by atoms with Gasteiger partial charge in [0.25, 0.3) is 0 Å². The van der Waals surface area contributed by atoms with E-state index in [2.05, 4.69) is 25.7 Å². The summed E-state index contributed by atoms with van der Waals surface area (Å²) in [6.07, 6.45) is 5.63. The summed E-state index contributed by atoms with van der Waals surface area (Å²) in [5, 5.41) is 0. The Morgan fingerprint density at radius 3 is 2.53 bits per heavy atom. The van der Waals surface area contributed by atoms with Crippen LogP contribution < -0.4 is 5.73 Å². The Hall–Kier alpha value is -0.120. The molecule has 1 saturated carbocycles. The van der Waals surface area contributed by atoms with Crippen molar-refractivity contribution in [2.24, 2.45) is 23.0 Å². The molecule has 0 aromatic rings. The molecule has 0 aromatic heterocycles. The third-order valence-electron chi connectivity index (χ3n) is 6.43. The molecule has 3 heteroatoms. The highest BCUT2D eigenvalue weighted by atomic mass is 16.5. The molecule has 0 bridgehead atoms. The van der Waals surface area contributed by atoms with E-state index < -0.39 is 0 Å². The quantitative estimate of drug-likeness (QED) is 0.851. The van der Waals surface area contributed by atoms with Gasteiger partial charge >= 0.3 is 0 Å². The van der Waals surface area contributed by atoms with Gasteiger partial charge in [0.15, 0.2) is 0 Å². The minimum atomic E-state index is -0.0345. The minimum Gasteiger partial charge on any atom is -0.377 e. The fourth-order valence-electron chi connectivity index (χ4n) is 4.72. The summed E-state index contributed by atoms with van der Waals surface area (Å²) < 4.78 is 5.89. The van der Waals surface area contributed by atoms with Gasteiger partial charge in [-0.25, -0.2) is 0 Å². The fraction of sp³-hybridized carbons (Fsp3) is 1.00. The smallest absolute Gasteiger partial charge is 0.0691 e. The third kappa shape index (κ3) is 1.97. The summed E-state index contributed by atoms with van der Waals surface area (Å²) in [5.41, 5.74) is 6.94. The molecule has 19 heavy (non-hydrogen) atoms. The molecule has 0 spiro atoms. The Bertz CT molecular complexity index is 336. The number of rotatable bonds is 3. The minimum absolute atomic E-state index is 0.0345. The lowest BCUT2D eigenvalue weighted by Gasteiger charge is -2.63. The predicted octanol–water partition coefficient (Wildman–Crippen LogP) is 2.25. The molecular weight excluding hydrogens is 236 g/mol. The number of fused-ring (bicyclic) bond motifs is 1. The summed E-state index contributed by atoms with van der Waals surface area (Å²) >= 11 is 0. The van der Waals surface area contributed by atoms with Crippen LogP contribution in [0.1, 0.15) is 46.5 Å². The van der Waals surface area contributed by atoms with E-state index in [4.69, 9.17) is 10.5 Å². The van der Waals surface area contributed by atoms with Crippen LogP contribution in [0.5, 0.6) is 0 Å². The molecule has 2 aliphatic heterocycles. The van der Waals surface area contributed by atoms with Crippen molar-refractivity contribution in [1.82, 2.24) is 4.90 Å². The highest BCUT2D eigenvalue weighted by molar-refractivity contribution is 5.21. The SMILES string of the molecule is CCC1CCN(CC2(N)C3CCOC3C2(C)C)CC1. The maximum atomic E-state index is 6.84. The van der Waals surface area contributed by atoms with E-state index in [1.807, 2.05) is 0 Å². The topological polar surface area (TPSA) is 38.5 Å². The molecule has 3 nitrogen and oxygen atoms in total. The zero-order chi connectivity index (χ0) is 13.7. The second-order valence-corrected chi connectivity index (χ2v) is 7.58. The van der Waals surface area contributed by atoms with Crippen LogP contribution in [0.2, 0.25) is 0 Å². The van der Waals surface area contributed by atoms with Crippen molar-refractivity contribution in [1.29, 1.82) is 0 Å². The zero-order valence-corrected chi connectivity index (χ0v) is 12.8. The third-order valence-corrected chi connectivity index (χ3v) is 6.43. The fourth-order valence-corrected chi connectivity index (χ4v) is 4.72. The Balaban J connectivity index is 1.63. The number of ether oxygens (including phenoxy) is 1. The summed E-state index contributed by atoms with van der Waals surface area (Å²) in [4.78, 5) is 2.61. The zero-order valence-electron chi connectivity index (χ0n) is 12.8. The molecule has 3 unspecified atom stereocenters. The predicted molar refractivity (Wildman–Crippen MR) is 78.0 cm³/mol. The van der Waals surface area contributed by atoms with Gasteiger partial charge in [-0.1, -0.05) is 27.2 Å². The number of piperidine rings is 1. The summed E-state index contributed by atoms with van der Waals surface area (Å²) in [5.74, 6) is 1.54. The number of hydrogen-bond acceptors (Lipinski definition) is 3. The standard InChI is InChI=1S/C16H30N2O/c1-4-12-5-8-18(9-6-12)11-16(17)13-7-10-19-14(13)15(16,2)3/h12-14H,4-11,17H2,1-3H3. The average Bonchev–Trinajstić information content (AvgIpc) is 2.88. The molecule has 2 saturated heterocycles. The Labute approximate surface area is 117 Å². The highest BCUT2D eigenvalue weighted by Gasteiger charge is 2.67. The van der Waals surface area contributed by atoms with Gasteiger partial charge < -0.3 is 15.4 Å². The van der Waals surface area contributed by atoms with Crippen LogP contribution in [0.15, 0.2) is 0 Å². The van der Waals surface area contributed by atoms with Gasteiger partial charge in [0.2, 0.25) is 0 Å². The molecule has 3 atom stereocenters. The first kappa shape index (κ1) is 13.8. The summed E-state index contributed by atoms with van der Waals surface area (Å²) in [6.45, 7) is 11.4. The van der Waals surface area contributed by atoms with Crippen molar-refractivity contribution >= 4 is 0 Å². The molecule has 0 aromatic carbocycles. The van der Waals surface area contributed by atoms with Crippen LogP contribution in [0.25, 0.3) is 0 Å². The first-order valence-electron chi connectivity index (χ1n) is 8.12. The van der Waals surface area contributed by atoms with Gasteiger partial charge in [0, 0.05) is 30.0 Å². The molecule has 3 rings (SSSR count). The van der Waals surface area contributed by atoms with E-state index in [1.54, 1.807) is 0 Å². The summed E-state index contributed by atoms with van der Waals surface area (Å²) in [6, 6.07) is 0. The normalized spacial score (nSPS) is 42.9. The van der Waals surface area contributed by atoms with E-state index >= 15 is 0 Å². The van der Waals surface area contributed by atoms with Crippen LogP contribution >= 0.6 is 0 Å². The van der Waals surface area contributed by atoms with Crippen molar-refractivity contribution in [3.05, 3.63) is 0 Å². The van der Waals surface area contributed by atoms with Crippen LogP contribution in [-0.4, -0.2) is 42.8 Å². The Kier molecular flexibility index (Phi) is 3.43. The molecule has 0 radical (unpaired) electrons. The van der Waals surface area contributed by atoms with Crippen LogP contribution in [0.3, 0.4) is 0 Å². The van der Waals surface area contributed by atoms with Crippen molar-refractivity contribution in [3.63, 3.8) is 0 Å².